The Kier molecular flexibility index (Phi) is 4.70. The second-order valence-electron chi connectivity index (χ2n) is 4.13. The summed E-state index contributed by atoms with van der Waals surface area (Å²) in [7, 11) is 0. The van der Waals surface area contributed by atoms with E-state index in [4.69, 9.17) is 16.9 Å². The molecule has 0 aliphatic rings. The third kappa shape index (κ3) is 3.68. The van der Waals surface area contributed by atoms with E-state index in [1.807, 2.05) is 0 Å². The van der Waals surface area contributed by atoms with Crippen molar-refractivity contribution in [3.05, 3.63) is 70.5 Å². The smallest absolute Gasteiger partial charge is 0.266 e. The Morgan fingerprint density at radius 2 is 1.86 bits per heavy atom. The monoisotopic (exact) mass is 300 g/mol. The fraction of sp³-hybridized carbons (Fsp3) is 0. The molecule has 1 N–H and O–H groups in total. The number of nitriles is 1. The number of nitrogens with one attached hydrogen (secondary N) is 1. The minimum atomic E-state index is -0.645. The second-order valence-corrected chi connectivity index (χ2v) is 4.53. The molecule has 0 aliphatic carbocycles. The summed E-state index contributed by atoms with van der Waals surface area (Å²) in [5.74, 6) is -1.15. The number of halogens is 2. The molecule has 0 atom stereocenters. The molecule has 1 amide bonds. The van der Waals surface area contributed by atoms with Gasteiger partial charge in [0.25, 0.3) is 5.91 Å². The van der Waals surface area contributed by atoms with Crippen LogP contribution in [-0.2, 0) is 4.79 Å². The minimum Gasteiger partial charge on any atom is -0.320 e. The molecule has 3 nitrogen and oxygen atoms in total. The lowest BCUT2D eigenvalue weighted by atomic mass is 10.1. The zero-order valence-corrected chi connectivity index (χ0v) is 11.6. The van der Waals surface area contributed by atoms with Gasteiger partial charge < -0.3 is 5.32 Å². The Bertz CT molecular complexity index is 750. The number of hydrogen-bond acceptors (Lipinski definition) is 2. The van der Waals surface area contributed by atoms with Crippen molar-refractivity contribution in [1.82, 2.24) is 0 Å². The van der Waals surface area contributed by atoms with Crippen LogP contribution in [0, 0.1) is 17.1 Å². The van der Waals surface area contributed by atoms with Crippen molar-refractivity contribution < 1.29 is 9.18 Å². The summed E-state index contributed by atoms with van der Waals surface area (Å²) >= 11 is 5.92. The molecule has 0 spiro atoms. The summed E-state index contributed by atoms with van der Waals surface area (Å²) in [5, 5.41) is 11.9. The van der Waals surface area contributed by atoms with Gasteiger partial charge in [-0.05, 0) is 24.3 Å². The molecule has 2 aromatic rings. The summed E-state index contributed by atoms with van der Waals surface area (Å²) in [5.41, 5.74) is 0.349. The molecule has 0 saturated carbocycles. The highest BCUT2D eigenvalue weighted by atomic mass is 35.5. The van der Waals surface area contributed by atoms with Crippen molar-refractivity contribution in [2.24, 2.45) is 0 Å². The second kappa shape index (κ2) is 6.69. The molecule has 2 rings (SSSR count). The van der Waals surface area contributed by atoms with Crippen LogP contribution in [0.25, 0.3) is 6.08 Å². The first-order valence-electron chi connectivity index (χ1n) is 6.04. The highest BCUT2D eigenvalue weighted by Gasteiger charge is 2.12. The Balaban J connectivity index is 2.26. The zero-order valence-electron chi connectivity index (χ0n) is 10.8. The number of para-hydroxylation sites is 1. The molecule has 0 radical (unpaired) electrons. The maximum absolute atomic E-state index is 13.5. The van der Waals surface area contributed by atoms with Crippen LogP contribution in [0.15, 0.2) is 54.1 Å². The van der Waals surface area contributed by atoms with Gasteiger partial charge in [0.2, 0.25) is 0 Å². The van der Waals surface area contributed by atoms with Gasteiger partial charge in [-0.25, -0.2) is 4.39 Å². The normalized spacial score (nSPS) is 10.8. The molecule has 5 heteroatoms. The Morgan fingerprint density at radius 1 is 1.19 bits per heavy atom. The van der Waals surface area contributed by atoms with E-state index in [2.05, 4.69) is 5.32 Å². The van der Waals surface area contributed by atoms with Gasteiger partial charge in [-0.15, -0.1) is 0 Å². The number of amides is 1. The molecular weight excluding hydrogens is 291 g/mol. The topological polar surface area (TPSA) is 52.9 Å². The lowest BCUT2D eigenvalue weighted by molar-refractivity contribution is -0.112. The van der Waals surface area contributed by atoms with E-state index in [9.17, 15) is 9.18 Å². The van der Waals surface area contributed by atoms with E-state index >= 15 is 0 Å². The lowest BCUT2D eigenvalue weighted by Crippen LogP contribution is -2.13. The van der Waals surface area contributed by atoms with E-state index < -0.39 is 11.7 Å². The van der Waals surface area contributed by atoms with Crippen LogP contribution in [0.3, 0.4) is 0 Å². The number of anilines is 1. The number of hydrogen-bond donors (Lipinski definition) is 1. The molecule has 21 heavy (non-hydrogen) atoms. The first kappa shape index (κ1) is 14.8. The fourth-order valence-electron chi connectivity index (χ4n) is 1.65. The summed E-state index contributed by atoms with van der Waals surface area (Å²) in [6, 6.07) is 14.3. The minimum absolute atomic E-state index is 0.170. The highest BCUT2D eigenvalue weighted by Crippen LogP contribution is 2.21. The predicted molar refractivity (Wildman–Crippen MR) is 80.1 cm³/mol. The number of benzene rings is 2. The molecular formula is C16H10ClFN2O. The molecule has 2 aromatic carbocycles. The molecule has 0 aliphatic heterocycles. The van der Waals surface area contributed by atoms with E-state index in [0.29, 0.717) is 10.7 Å². The van der Waals surface area contributed by atoms with Gasteiger partial charge in [0.1, 0.15) is 17.5 Å². The number of carbonyl (C=O) groups is 1. The van der Waals surface area contributed by atoms with E-state index in [1.54, 1.807) is 36.4 Å². The Hall–Kier alpha value is -2.64. The molecule has 0 fully saturated rings. The highest BCUT2D eigenvalue weighted by molar-refractivity contribution is 6.34. The van der Waals surface area contributed by atoms with Crippen LogP contribution < -0.4 is 5.32 Å². The van der Waals surface area contributed by atoms with Gasteiger partial charge in [0, 0.05) is 5.56 Å². The maximum Gasteiger partial charge on any atom is 0.266 e. The van der Waals surface area contributed by atoms with E-state index in [0.717, 1.165) is 0 Å². The first-order chi connectivity index (χ1) is 10.1. The number of carbonyl (C=O) groups excluding carboxylic acids is 1. The quantitative estimate of drug-likeness (QED) is 0.687. The number of nitrogens with zero attached hydrogens (tertiary/aromatic N) is 1. The van der Waals surface area contributed by atoms with E-state index in [-0.39, 0.29) is 11.1 Å². The first-order valence-corrected chi connectivity index (χ1v) is 6.42. The average molecular weight is 301 g/mol. The number of rotatable bonds is 3. The largest absolute Gasteiger partial charge is 0.320 e. The van der Waals surface area contributed by atoms with Crippen molar-refractivity contribution in [3.8, 4) is 6.07 Å². The van der Waals surface area contributed by atoms with Crippen LogP contribution in [0.1, 0.15) is 5.56 Å². The van der Waals surface area contributed by atoms with E-state index in [1.165, 1.54) is 24.3 Å². The van der Waals surface area contributed by atoms with Crippen LogP contribution >= 0.6 is 11.6 Å². The van der Waals surface area contributed by atoms with Gasteiger partial charge in [0.15, 0.2) is 0 Å². The van der Waals surface area contributed by atoms with Gasteiger partial charge >= 0.3 is 0 Å². The predicted octanol–water partition coefficient (Wildman–Crippen LogP) is 4.02. The average Bonchev–Trinajstić information content (AvgIpc) is 2.48. The summed E-state index contributed by atoms with van der Waals surface area (Å²) in [6.45, 7) is 0. The van der Waals surface area contributed by atoms with Crippen molar-refractivity contribution in [3.63, 3.8) is 0 Å². The Labute approximate surface area is 126 Å². The lowest BCUT2D eigenvalue weighted by Gasteiger charge is -2.06. The van der Waals surface area contributed by atoms with Crippen molar-refractivity contribution in [2.45, 2.75) is 0 Å². The third-order valence-corrected chi connectivity index (χ3v) is 3.02. The summed E-state index contributed by atoms with van der Waals surface area (Å²) < 4.78 is 13.5. The van der Waals surface area contributed by atoms with Gasteiger partial charge in [-0.2, -0.15) is 5.26 Å². The SMILES string of the molecule is N#C/C(=C/c1ccccc1F)C(=O)Nc1ccccc1Cl. The zero-order chi connectivity index (χ0) is 15.2. The van der Waals surface area contributed by atoms with Crippen LogP contribution in [0.4, 0.5) is 10.1 Å². The van der Waals surface area contributed by atoms with Crippen LogP contribution in [0.5, 0.6) is 0 Å². The van der Waals surface area contributed by atoms with Crippen molar-refractivity contribution in [1.29, 1.82) is 5.26 Å². The van der Waals surface area contributed by atoms with Gasteiger partial charge in [-0.3, -0.25) is 4.79 Å². The molecule has 0 saturated heterocycles. The van der Waals surface area contributed by atoms with Gasteiger partial charge in [-0.1, -0.05) is 41.9 Å². The fourth-order valence-corrected chi connectivity index (χ4v) is 1.83. The molecule has 0 unspecified atom stereocenters. The summed E-state index contributed by atoms with van der Waals surface area (Å²) in [4.78, 5) is 12.0. The van der Waals surface area contributed by atoms with Crippen LogP contribution in [0.2, 0.25) is 5.02 Å². The summed E-state index contributed by atoms with van der Waals surface area (Å²) in [6.07, 6.45) is 1.20. The third-order valence-electron chi connectivity index (χ3n) is 2.69. The molecule has 0 bridgehead atoms. The molecule has 104 valence electrons. The molecule has 0 aromatic heterocycles. The van der Waals surface area contributed by atoms with Crippen molar-refractivity contribution >= 4 is 29.3 Å². The Morgan fingerprint density at radius 3 is 2.52 bits per heavy atom. The van der Waals surface area contributed by atoms with Gasteiger partial charge in [0.05, 0.1) is 10.7 Å². The maximum atomic E-state index is 13.5. The standard InChI is InChI=1S/C16H10ClFN2O/c17-13-6-2-4-8-15(13)20-16(21)12(10-19)9-11-5-1-3-7-14(11)18/h1-9H,(H,20,21)/b12-9-. The molecule has 0 heterocycles. The van der Waals surface area contributed by atoms with Crippen LogP contribution in [-0.4, -0.2) is 5.91 Å². The van der Waals surface area contributed by atoms with Crippen molar-refractivity contribution in [2.75, 3.05) is 5.32 Å².